The predicted octanol–water partition coefficient (Wildman–Crippen LogP) is -5.49. The monoisotopic (exact) mass is 221 g/mol. The van der Waals surface area contributed by atoms with Crippen molar-refractivity contribution in [2.75, 3.05) is 27.7 Å². The number of carbonyl (C=O) groups is 1. The molecule has 0 bridgehead atoms. The number of hydrogen-bond acceptors (Lipinski definition) is 3. The average Bonchev–Trinajstić information content (AvgIpc) is 2.33. The van der Waals surface area contributed by atoms with E-state index >= 15 is 0 Å². The highest BCUT2D eigenvalue weighted by Gasteiger charge is 2.04. The molecule has 0 spiro atoms. The third-order valence-electron chi connectivity index (χ3n) is 1.06. The topological polar surface area (TPSA) is 69.1 Å². The molecule has 1 aliphatic rings. The van der Waals surface area contributed by atoms with Gasteiger partial charge in [-0.1, -0.05) is 0 Å². The lowest BCUT2D eigenvalue weighted by Crippen LogP contribution is -3.00. The van der Waals surface area contributed by atoms with Crippen molar-refractivity contribution in [3.05, 3.63) is 12.4 Å². The first kappa shape index (κ1) is 15.6. The first-order valence-corrected chi connectivity index (χ1v) is 3.94. The Morgan fingerprint density at radius 3 is 2.14 bits per heavy atom. The normalized spacial score (nSPS) is 12.8. The quantitative estimate of drug-likeness (QED) is 0.473. The molecule has 0 aromatic rings. The van der Waals surface area contributed by atoms with E-state index in [4.69, 9.17) is 0 Å². The summed E-state index contributed by atoms with van der Waals surface area (Å²) in [6.07, 6.45) is 5.39. The number of likely N-dealkylation sites (N-methyl/N-ethyl adjacent to an activating group) is 1. The van der Waals surface area contributed by atoms with Crippen LogP contribution >= 0.6 is 0 Å². The standard InChI is InChI=1S/C5H11NO2.C3H4N2.ClH/c1-6(2,3)4-5(7)8;1-2-5-3-4-1;/h4H2,1-3H3;1-3H,(H,4,5);1H. The second-order valence-corrected chi connectivity index (χ2v) is 3.65. The molecule has 0 saturated heterocycles. The average molecular weight is 222 g/mol. The zero-order chi connectivity index (χ0) is 10.3. The van der Waals surface area contributed by atoms with Gasteiger partial charge in [0.25, 0.3) is 0 Å². The van der Waals surface area contributed by atoms with Crippen molar-refractivity contribution >= 4 is 12.3 Å². The van der Waals surface area contributed by atoms with Crippen LogP contribution in [0.5, 0.6) is 0 Å². The molecular weight excluding hydrogens is 206 g/mol. The van der Waals surface area contributed by atoms with Gasteiger partial charge in [-0.3, -0.25) is 5.32 Å². The minimum absolute atomic E-state index is 0. The second-order valence-electron chi connectivity index (χ2n) is 3.65. The smallest absolute Gasteiger partial charge is 0.191 e. The molecule has 0 aliphatic carbocycles. The molecule has 1 aliphatic heterocycles. The number of quaternary nitrogens is 2. The maximum Gasteiger partial charge on any atom is 0.191 e. The van der Waals surface area contributed by atoms with Crippen LogP contribution in [0.15, 0.2) is 17.4 Å². The van der Waals surface area contributed by atoms with Gasteiger partial charge in [-0.25, -0.2) is 4.99 Å². The van der Waals surface area contributed by atoms with E-state index in [2.05, 4.69) is 4.99 Å². The molecule has 5 nitrogen and oxygen atoms in total. The molecule has 0 aromatic carbocycles. The Balaban J connectivity index is 0. The molecule has 0 amide bonds. The molecule has 1 heterocycles. The summed E-state index contributed by atoms with van der Waals surface area (Å²) in [6, 6.07) is 0. The number of nitrogens with zero attached hydrogens (tertiary/aromatic N) is 2. The molecule has 82 valence electrons. The summed E-state index contributed by atoms with van der Waals surface area (Å²) < 4.78 is 0.419. The van der Waals surface area contributed by atoms with E-state index < -0.39 is 5.97 Å². The molecule has 2 N–H and O–H groups in total. The number of aliphatic imine (C=N–C) groups is 1. The van der Waals surface area contributed by atoms with Crippen LogP contribution in [0.1, 0.15) is 0 Å². The van der Waals surface area contributed by atoms with E-state index in [0.717, 1.165) is 0 Å². The van der Waals surface area contributed by atoms with Gasteiger partial charge >= 0.3 is 0 Å². The summed E-state index contributed by atoms with van der Waals surface area (Å²) in [5, 5.41) is 11.8. The van der Waals surface area contributed by atoms with Gasteiger partial charge in [0.2, 0.25) is 0 Å². The Morgan fingerprint density at radius 2 is 2.07 bits per heavy atom. The molecule has 0 unspecified atom stereocenters. The number of hydrogen-bond donors (Lipinski definition) is 1. The minimum Gasteiger partial charge on any atom is -1.00 e. The van der Waals surface area contributed by atoms with Crippen LogP contribution in [-0.4, -0.2) is 44.5 Å². The SMILES string of the molecule is C1=C[NH2+]C=N1.C[N+](C)(C)CC(=O)[O-].[Cl-]. The van der Waals surface area contributed by atoms with Crippen molar-refractivity contribution in [3.63, 3.8) is 0 Å². The van der Waals surface area contributed by atoms with Gasteiger partial charge in [-0.2, -0.15) is 0 Å². The van der Waals surface area contributed by atoms with Gasteiger partial charge in [0.05, 0.1) is 33.3 Å². The summed E-state index contributed by atoms with van der Waals surface area (Å²) in [7, 11) is 5.40. The van der Waals surface area contributed by atoms with Gasteiger partial charge < -0.3 is 26.8 Å². The molecule has 6 heteroatoms. The van der Waals surface area contributed by atoms with E-state index in [1.807, 2.05) is 11.5 Å². The number of nitrogens with two attached hydrogens (primary N) is 1. The maximum absolute atomic E-state index is 9.89. The number of halogens is 1. The molecule has 14 heavy (non-hydrogen) atoms. The van der Waals surface area contributed by atoms with E-state index in [-0.39, 0.29) is 19.0 Å². The Morgan fingerprint density at radius 1 is 1.50 bits per heavy atom. The highest BCUT2D eigenvalue weighted by atomic mass is 35.5. The molecular formula is C8H16ClN3O2. The van der Waals surface area contributed by atoms with Crippen LogP contribution in [-0.2, 0) is 4.79 Å². The van der Waals surface area contributed by atoms with Crippen molar-refractivity contribution in [2.24, 2.45) is 4.99 Å². The fraction of sp³-hybridized carbons (Fsp3) is 0.500. The number of aliphatic carboxylic acids is 1. The second kappa shape index (κ2) is 7.49. The Bertz CT molecular complexity index is 211. The zero-order valence-corrected chi connectivity index (χ0v) is 9.36. The van der Waals surface area contributed by atoms with Gasteiger partial charge in [0.1, 0.15) is 12.7 Å². The molecule has 1 rings (SSSR count). The molecule has 0 saturated carbocycles. The molecule has 0 aromatic heterocycles. The summed E-state index contributed by atoms with van der Waals surface area (Å²) >= 11 is 0. The third kappa shape index (κ3) is 13.7. The van der Waals surface area contributed by atoms with Crippen LogP contribution in [0.25, 0.3) is 0 Å². The number of carboxylic acids is 1. The summed E-state index contributed by atoms with van der Waals surface area (Å²) in [5.41, 5.74) is 0. The van der Waals surface area contributed by atoms with Gasteiger partial charge in [0.15, 0.2) is 6.34 Å². The molecule has 0 fully saturated rings. The first-order valence-electron chi connectivity index (χ1n) is 3.94. The fourth-order valence-electron chi connectivity index (χ4n) is 0.636. The number of carbonyl (C=O) groups excluding carboxylic acids is 1. The molecule has 0 atom stereocenters. The van der Waals surface area contributed by atoms with E-state index in [0.29, 0.717) is 4.48 Å². The van der Waals surface area contributed by atoms with Crippen molar-refractivity contribution in [3.8, 4) is 0 Å². The van der Waals surface area contributed by atoms with E-state index in [1.54, 1.807) is 33.7 Å². The predicted molar refractivity (Wildman–Crippen MR) is 47.5 cm³/mol. The summed E-state index contributed by atoms with van der Waals surface area (Å²) in [6.45, 7) is 0.0694. The van der Waals surface area contributed by atoms with Crippen LogP contribution in [0.4, 0.5) is 0 Å². The van der Waals surface area contributed by atoms with Crippen LogP contribution in [0, 0.1) is 0 Å². The van der Waals surface area contributed by atoms with E-state index in [9.17, 15) is 9.90 Å². The third-order valence-corrected chi connectivity index (χ3v) is 1.06. The lowest BCUT2D eigenvalue weighted by Gasteiger charge is -2.23. The zero-order valence-electron chi connectivity index (χ0n) is 8.61. The summed E-state index contributed by atoms with van der Waals surface area (Å²) in [4.78, 5) is 13.6. The van der Waals surface area contributed by atoms with Crippen LogP contribution < -0.4 is 22.8 Å². The van der Waals surface area contributed by atoms with Crippen LogP contribution in [0.3, 0.4) is 0 Å². The van der Waals surface area contributed by atoms with Crippen molar-refractivity contribution in [1.29, 1.82) is 0 Å². The van der Waals surface area contributed by atoms with Crippen molar-refractivity contribution in [1.82, 2.24) is 0 Å². The largest absolute Gasteiger partial charge is 1.00 e. The fourth-order valence-corrected chi connectivity index (χ4v) is 0.636. The maximum atomic E-state index is 9.89. The molecule has 0 radical (unpaired) electrons. The van der Waals surface area contributed by atoms with Gasteiger partial charge in [0, 0.05) is 0 Å². The highest BCUT2D eigenvalue weighted by molar-refractivity contribution is 5.65. The minimum atomic E-state index is -1.00. The van der Waals surface area contributed by atoms with Gasteiger partial charge in [-0.15, -0.1) is 0 Å². The van der Waals surface area contributed by atoms with Crippen molar-refractivity contribution in [2.45, 2.75) is 0 Å². The lowest BCUT2D eigenvalue weighted by atomic mass is 10.5. The van der Waals surface area contributed by atoms with E-state index in [1.165, 1.54) is 0 Å². The first-order chi connectivity index (χ1) is 5.92. The Labute approximate surface area is 90.1 Å². The lowest BCUT2D eigenvalue weighted by molar-refractivity contribution is -0.864. The number of carboxylic acid groups (broad SMARTS) is 1. The Kier molecular flexibility index (Phi) is 8.32. The summed E-state index contributed by atoms with van der Waals surface area (Å²) in [5.74, 6) is -1.00. The highest BCUT2D eigenvalue weighted by Crippen LogP contribution is 1.84. The van der Waals surface area contributed by atoms with Crippen LogP contribution in [0.2, 0.25) is 0 Å². The Hall–Kier alpha value is -0.910. The van der Waals surface area contributed by atoms with Gasteiger partial charge in [-0.05, 0) is 0 Å². The van der Waals surface area contributed by atoms with Crippen molar-refractivity contribution < 1.29 is 32.1 Å². The number of rotatable bonds is 2.